The second kappa shape index (κ2) is 5.02. The van der Waals surface area contributed by atoms with Crippen LogP contribution in [0, 0.1) is 13.8 Å². The van der Waals surface area contributed by atoms with Crippen LogP contribution in [0.4, 0.5) is 0 Å². The Hall–Kier alpha value is -2.68. The van der Waals surface area contributed by atoms with Crippen molar-refractivity contribution < 1.29 is 9.90 Å². The standard InChI is InChI=1S/C18H15NO2/c1-11-7-12(2)16(18(20)21)8-15(11)17-10-19-9-13-5-3-4-6-14(13)17/h3-10H,1-2H3,(H,20,21). The van der Waals surface area contributed by atoms with Crippen molar-refractivity contribution in [2.75, 3.05) is 0 Å². The first-order valence-corrected chi connectivity index (χ1v) is 6.75. The number of fused-ring (bicyclic) bond motifs is 1. The number of hydrogen-bond donors (Lipinski definition) is 1. The molecule has 0 unspecified atom stereocenters. The summed E-state index contributed by atoms with van der Waals surface area (Å²) in [6.45, 7) is 3.82. The second-order valence-corrected chi connectivity index (χ2v) is 5.20. The van der Waals surface area contributed by atoms with E-state index in [9.17, 15) is 9.90 Å². The average Bonchev–Trinajstić information content (AvgIpc) is 2.46. The molecule has 104 valence electrons. The van der Waals surface area contributed by atoms with Gasteiger partial charge in [-0.1, -0.05) is 30.3 Å². The third-order valence-corrected chi connectivity index (χ3v) is 3.76. The van der Waals surface area contributed by atoms with Crippen LogP contribution >= 0.6 is 0 Å². The zero-order valence-corrected chi connectivity index (χ0v) is 11.9. The molecule has 0 saturated carbocycles. The highest BCUT2D eigenvalue weighted by Crippen LogP contribution is 2.31. The minimum absolute atomic E-state index is 0.337. The summed E-state index contributed by atoms with van der Waals surface area (Å²) in [6.07, 6.45) is 3.62. The van der Waals surface area contributed by atoms with Gasteiger partial charge in [0, 0.05) is 23.3 Å². The number of carbonyl (C=O) groups is 1. The summed E-state index contributed by atoms with van der Waals surface area (Å²) >= 11 is 0. The average molecular weight is 277 g/mol. The number of aromatic nitrogens is 1. The van der Waals surface area contributed by atoms with Crippen molar-refractivity contribution in [3.05, 3.63) is 65.5 Å². The normalized spacial score (nSPS) is 10.8. The Morgan fingerprint density at radius 3 is 2.52 bits per heavy atom. The van der Waals surface area contributed by atoms with Gasteiger partial charge in [-0.25, -0.2) is 4.79 Å². The molecule has 0 saturated heterocycles. The van der Waals surface area contributed by atoms with Crippen LogP contribution in [0.2, 0.25) is 0 Å². The Kier molecular flexibility index (Phi) is 3.18. The molecule has 3 heteroatoms. The van der Waals surface area contributed by atoms with Crippen LogP contribution in [0.1, 0.15) is 21.5 Å². The molecule has 0 spiro atoms. The fourth-order valence-electron chi connectivity index (χ4n) is 2.70. The van der Waals surface area contributed by atoms with E-state index in [-0.39, 0.29) is 0 Å². The van der Waals surface area contributed by atoms with Crippen molar-refractivity contribution in [2.24, 2.45) is 0 Å². The highest BCUT2D eigenvalue weighted by atomic mass is 16.4. The molecule has 0 atom stereocenters. The van der Waals surface area contributed by atoms with Crippen LogP contribution in [-0.4, -0.2) is 16.1 Å². The van der Waals surface area contributed by atoms with Gasteiger partial charge < -0.3 is 5.11 Å². The van der Waals surface area contributed by atoms with Gasteiger partial charge in [0.2, 0.25) is 0 Å². The fourth-order valence-corrected chi connectivity index (χ4v) is 2.70. The van der Waals surface area contributed by atoms with Gasteiger partial charge >= 0.3 is 5.97 Å². The number of hydrogen-bond acceptors (Lipinski definition) is 2. The maximum Gasteiger partial charge on any atom is 0.335 e. The molecule has 1 aromatic heterocycles. The zero-order chi connectivity index (χ0) is 15.0. The van der Waals surface area contributed by atoms with E-state index in [4.69, 9.17) is 0 Å². The summed E-state index contributed by atoms with van der Waals surface area (Å²) < 4.78 is 0. The monoisotopic (exact) mass is 277 g/mol. The summed E-state index contributed by atoms with van der Waals surface area (Å²) in [5.41, 5.74) is 4.05. The largest absolute Gasteiger partial charge is 0.478 e. The topological polar surface area (TPSA) is 50.2 Å². The lowest BCUT2D eigenvalue weighted by atomic mass is 9.93. The van der Waals surface area contributed by atoms with Gasteiger partial charge in [-0.15, -0.1) is 0 Å². The van der Waals surface area contributed by atoms with E-state index in [0.717, 1.165) is 33.0 Å². The van der Waals surface area contributed by atoms with Crippen molar-refractivity contribution in [3.8, 4) is 11.1 Å². The molecule has 1 N–H and O–H groups in total. The minimum atomic E-state index is -0.901. The Morgan fingerprint density at radius 1 is 1.00 bits per heavy atom. The Labute approximate surface area is 122 Å². The number of rotatable bonds is 2. The SMILES string of the molecule is Cc1cc(C)c(-c2cncc3ccccc23)cc1C(=O)O. The number of pyridine rings is 1. The third-order valence-electron chi connectivity index (χ3n) is 3.76. The number of carboxylic acid groups (broad SMARTS) is 1. The molecule has 0 aliphatic carbocycles. The van der Waals surface area contributed by atoms with Crippen molar-refractivity contribution in [1.29, 1.82) is 0 Å². The molecule has 3 rings (SSSR count). The summed E-state index contributed by atoms with van der Waals surface area (Å²) in [6, 6.07) is 11.7. The first-order chi connectivity index (χ1) is 10.1. The summed E-state index contributed by atoms with van der Waals surface area (Å²) in [7, 11) is 0. The quantitative estimate of drug-likeness (QED) is 0.763. The van der Waals surface area contributed by atoms with Crippen LogP contribution in [0.15, 0.2) is 48.8 Å². The summed E-state index contributed by atoms with van der Waals surface area (Å²) in [4.78, 5) is 15.6. The molecular formula is C18H15NO2. The van der Waals surface area contributed by atoms with Crippen LogP contribution in [0.5, 0.6) is 0 Å². The highest BCUT2D eigenvalue weighted by Gasteiger charge is 2.13. The first kappa shape index (κ1) is 13.3. The molecule has 0 amide bonds. The summed E-state index contributed by atoms with van der Waals surface area (Å²) in [5, 5.41) is 11.5. The molecule has 0 aliphatic heterocycles. The van der Waals surface area contributed by atoms with E-state index in [1.54, 1.807) is 12.3 Å². The van der Waals surface area contributed by atoms with Crippen LogP contribution in [-0.2, 0) is 0 Å². The molecule has 0 aliphatic rings. The molecule has 2 aromatic carbocycles. The predicted molar refractivity (Wildman–Crippen MR) is 83.6 cm³/mol. The van der Waals surface area contributed by atoms with Gasteiger partial charge in [-0.2, -0.15) is 0 Å². The predicted octanol–water partition coefficient (Wildman–Crippen LogP) is 4.22. The zero-order valence-electron chi connectivity index (χ0n) is 11.9. The van der Waals surface area contributed by atoms with Gasteiger partial charge in [0.05, 0.1) is 5.56 Å². The van der Waals surface area contributed by atoms with E-state index < -0.39 is 5.97 Å². The minimum Gasteiger partial charge on any atom is -0.478 e. The van der Waals surface area contributed by atoms with Gasteiger partial charge in [-0.3, -0.25) is 4.98 Å². The maximum absolute atomic E-state index is 11.4. The Balaban J connectivity index is 2.33. The Morgan fingerprint density at radius 2 is 1.76 bits per heavy atom. The Bertz CT molecular complexity index is 848. The van der Waals surface area contributed by atoms with E-state index in [2.05, 4.69) is 4.98 Å². The molecule has 0 bridgehead atoms. The molecule has 3 nitrogen and oxygen atoms in total. The van der Waals surface area contributed by atoms with E-state index in [0.29, 0.717) is 5.56 Å². The number of aryl methyl sites for hydroxylation is 2. The van der Waals surface area contributed by atoms with E-state index >= 15 is 0 Å². The molecule has 1 heterocycles. The number of nitrogens with zero attached hydrogens (tertiary/aromatic N) is 1. The lowest BCUT2D eigenvalue weighted by molar-refractivity contribution is 0.0696. The van der Waals surface area contributed by atoms with Gasteiger partial charge in [0.25, 0.3) is 0 Å². The highest BCUT2D eigenvalue weighted by molar-refractivity contribution is 5.98. The van der Waals surface area contributed by atoms with Crippen molar-refractivity contribution >= 4 is 16.7 Å². The van der Waals surface area contributed by atoms with Gasteiger partial charge in [0.15, 0.2) is 0 Å². The molecule has 0 fully saturated rings. The third kappa shape index (κ3) is 2.27. The number of benzene rings is 2. The van der Waals surface area contributed by atoms with Crippen LogP contribution in [0.3, 0.4) is 0 Å². The van der Waals surface area contributed by atoms with Crippen molar-refractivity contribution in [3.63, 3.8) is 0 Å². The van der Waals surface area contributed by atoms with Gasteiger partial charge in [0.1, 0.15) is 0 Å². The molecular weight excluding hydrogens is 262 g/mol. The smallest absolute Gasteiger partial charge is 0.335 e. The maximum atomic E-state index is 11.4. The van der Waals surface area contributed by atoms with Crippen LogP contribution < -0.4 is 0 Å². The molecule has 21 heavy (non-hydrogen) atoms. The molecule has 0 radical (unpaired) electrons. The van der Waals surface area contributed by atoms with E-state index in [1.807, 2.05) is 50.4 Å². The van der Waals surface area contributed by atoms with E-state index in [1.165, 1.54) is 0 Å². The lowest BCUT2D eigenvalue weighted by Gasteiger charge is -2.12. The van der Waals surface area contributed by atoms with Gasteiger partial charge in [-0.05, 0) is 42.0 Å². The molecule has 3 aromatic rings. The van der Waals surface area contributed by atoms with Crippen molar-refractivity contribution in [1.82, 2.24) is 4.98 Å². The first-order valence-electron chi connectivity index (χ1n) is 6.75. The van der Waals surface area contributed by atoms with Crippen molar-refractivity contribution in [2.45, 2.75) is 13.8 Å². The number of aromatic carboxylic acids is 1. The summed E-state index contributed by atoms with van der Waals surface area (Å²) in [5.74, 6) is -0.901. The number of carboxylic acids is 1. The lowest BCUT2D eigenvalue weighted by Crippen LogP contribution is -2.01. The second-order valence-electron chi connectivity index (χ2n) is 5.20. The van der Waals surface area contributed by atoms with Crippen LogP contribution in [0.25, 0.3) is 21.9 Å². The fraction of sp³-hybridized carbons (Fsp3) is 0.111.